The molecule has 3 nitrogen and oxygen atoms in total. The normalized spacial score (nSPS) is 10.7. The molecule has 0 aliphatic heterocycles. The van der Waals surface area contributed by atoms with Crippen molar-refractivity contribution >= 4 is 5.91 Å². The van der Waals surface area contributed by atoms with E-state index in [0.717, 1.165) is 18.2 Å². The van der Waals surface area contributed by atoms with Crippen LogP contribution in [0.2, 0.25) is 0 Å². The van der Waals surface area contributed by atoms with Crippen LogP contribution in [0.3, 0.4) is 0 Å². The molecule has 1 rings (SSSR count). The summed E-state index contributed by atoms with van der Waals surface area (Å²) in [4.78, 5) is 13.2. The number of hydrogen-bond acceptors (Lipinski definition) is 2. The molecule has 0 radical (unpaired) electrons. The summed E-state index contributed by atoms with van der Waals surface area (Å²) in [5, 5.41) is 8.84. The van der Waals surface area contributed by atoms with Crippen LogP contribution in [-0.2, 0) is 0 Å². The van der Waals surface area contributed by atoms with Gasteiger partial charge in [0, 0.05) is 12.6 Å². The van der Waals surface area contributed by atoms with Crippen LogP contribution >= 0.6 is 0 Å². The van der Waals surface area contributed by atoms with Crippen molar-refractivity contribution in [2.24, 2.45) is 0 Å². The van der Waals surface area contributed by atoms with Gasteiger partial charge in [0.25, 0.3) is 5.91 Å². The van der Waals surface area contributed by atoms with Crippen molar-refractivity contribution in [3.05, 3.63) is 35.4 Å². The number of aliphatic hydroxyl groups excluding tert-OH is 1. The van der Waals surface area contributed by atoms with Crippen molar-refractivity contribution in [1.82, 2.24) is 4.90 Å². The second kappa shape index (κ2) is 5.72. The number of nitrogens with zero attached hydrogens (tertiary/aromatic N) is 1. The summed E-state index contributed by atoms with van der Waals surface area (Å²) in [5.74, 6) is -2.05. The molecule has 0 saturated heterocycles. The Hall–Kier alpha value is -1.49. The van der Waals surface area contributed by atoms with Crippen molar-refractivity contribution in [1.29, 1.82) is 0 Å². The highest BCUT2D eigenvalue weighted by Gasteiger charge is 2.21. The molecule has 0 aliphatic carbocycles. The number of aliphatic hydroxyl groups is 1. The second-order valence-electron chi connectivity index (χ2n) is 3.94. The van der Waals surface area contributed by atoms with Gasteiger partial charge < -0.3 is 10.0 Å². The fourth-order valence-corrected chi connectivity index (χ4v) is 1.52. The molecular formula is C12H15F2NO2. The smallest absolute Gasteiger partial charge is 0.257 e. The minimum Gasteiger partial charge on any atom is -0.395 e. The summed E-state index contributed by atoms with van der Waals surface area (Å²) >= 11 is 0. The first-order valence-electron chi connectivity index (χ1n) is 5.34. The van der Waals surface area contributed by atoms with E-state index in [0.29, 0.717) is 0 Å². The van der Waals surface area contributed by atoms with Gasteiger partial charge in [-0.2, -0.15) is 0 Å². The Kier molecular flexibility index (Phi) is 4.57. The lowest BCUT2D eigenvalue weighted by atomic mass is 10.1. The van der Waals surface area contributed by atoms with Gasteiger partial charge in [0.2, 0.25) is 0 Å². The molecule has 0 atom stereocenters. The van der Waals surface area contributed by atoms with E-state index in [-0.39, 0.29) is 24.8 Å². The highest BCUT2D eigenvalue weighted by molar-refractivity contribution is 5.94. The van der Waals surface area contributed by atoms with Crippen LogP contribution in [0.15, 0.2) is 18.2 Å². The SMILES string of the molecule is CC(C)N(CCO)C(=O)c1cc(F)ccc1F. The molecule has 5 heteroatoms. The highest BCUT2D eigenvalue weighted by Crippen LogP contribution is 2.14. The third-order valence-electron chi connectivity index (χ3n) is 2.38. The zero-order valence-electron chi connectivity index (χ0n) is 9.78. The zero-order chi connectivity index (χ0) is 13.0. The van der Waals surface area contributed by atoms with E-state index < -0.39 is 17.5 Å². The Morgan fingerprint density at radius 2 is 2.06 bits per heavy atom. The largest absolute Gasteiger partial charge is 0.395 e. The quantitative estimate of drug-likeness (QED) is 0.876. The fourth-order valence-electron chi connectivity index (χ4n) is 1.52. The van der Waals surface area contributed by atoms with Crippen molar-refractivity contribution in [3.8, 4) is 0 Å². The average Bonchev–Trinajstić information content (AvgIpc) is 2.28. The standard InChI is InChI=1S/C12H15F2NO2/c1-8(2)15(5-6-16)12(17)10-7-9(13)3-4-11(10)14/h3-4,7-8,16H,5-6H2,1-2H3. The van der Waals surface area contributed by atoms with Crippen molar-refractivity contribution < 1.29 is 18.7 Å². The lowest BCUT2D eigenvalue weighted by Crippen LogP contribution is -2.39. The first-order valence-corrected chi connectivity index (χ1v) is 5.34. The third kappa shape index (κ3) is 3.23. The summed E-state index contributed by atoms with van der Waals surface area (Å²) < 4.78 is 26.4. The maximum Gasteiger partial charge on any atom is 0.257 e. The van der Waals surface area contributed by atoms with E-state index in [1.165, 1.54) is 4.90 Å². The molecule has 0 fully saturated rings. The van der Waals surface area contributed by atoms with Gasteiger partial charge in [0.05, 0.1) is 12.2 Å². The van der Waals surface area contributed by atoms with Crippen LogP contribution in [0.25, 0.3) is 0 Å². The van der Waals surface area contributed by atoms with Gasteiger partial charge in [0.1, 0.15) is 11.6 Å². The van der Waals surface area contributed by atoms with E-state index in [1.54, 1.807) is 13.8 Å². The summed E-state index contributed by atoms with van der Waals surface area (Å²) in [5.41, 5.74) is -0.313. The van der Waals surface area contributed by atoms with Crippen LogP contribution in [0.1, 0.15) is 24.2 Å². The van der Waals surface area contributed by atoms with E-state index in [4.69, 9.17) is 5.11 Å². The van der Waals surface area contributed by atoms with Crippen LogP contribution < -0.4 is 0 Å². The molecule has 0 bridgehead atoms. The van der Waals surface area contributed by atoms with E-state index >= 15 is 0 Å². The topological polar surface area (TPSA) is 40.5 Å². The molecule has 0 aliphatic rings. The number of carbonyl (C=O) groups excluding carboxylic acids is 1. The summed E-state index contributed by atoms with van der Waals surface area (Å²) in [7, 11) is 0. The Labute approximate surface area is 98.7 Å². The van der Waals surface area contributed by atoms with Gasteiger partial charge in [-0.05, 0) is 32.0 Å². The molecule has 0 heterocycles. The van der Waals surface area contributed by atoms with Crippen molar-refractivity contribution in [3.63, 3.8) is 0 Å². The molecule has 1 aromatic rings. The monoisotopic (exact) mass is 243 g/mol. The number of carbonyl (C=O) groups is 1. The van der Waals surface area contributed by atoms with Crippen LogP contribution in [0, 0.1) is 11.6 Å². The molecule has 1 amide bonds. The molecule has 1 aromatic carbocycles. The minimum atomic E-state index is -0.764. The molecule has 0 saturated carbocycles. The third-order valence-corrected chi connectivity index (χ3v) is 2.38. The maximum atomic E-state index is 13.4. The van der Waals surface area contributed by atoms with Gasteiger partial charge in [-0.15, -0.1) is 0 Å². The molecule has 0 unspecified atom stereocenters. The maximum absolute atomic E-state index is 13.4. The minimum absolute atomic E-state index is 0.0897. The van der Waals surface area contributed by atoms with E-state index in [1.807, 2.05) is 0 Å². The molecular weight excluding hydrogens is 228 g/mol. The Bertz CT molecular complexity index is 407. The van der Waals surface area contributed by atoms with Crippen LogP contribution in [-0.4, -0.2) is 35.1 Å². The van der Waals surface area contributed by atoms with Gasteiger partial charge in [-0.25, -0.2) is 8.78 Å². The first-order chi connectivity index (χ1) is 7.97. The first kappa shape index (κ1) is 13.6. The zero-order valence-corrected chi connectivity index (χ0v) is 9.78. The molecule has 0 aromatic heterocycles. The summed E-state index contributed by atoms with van der Waals surface area (Å²) in [6, 6.07) is 2.54. The number of rotatable bonds is 4. The van der Waals surface area contributed by atoms with Gasteiger partial charge in [0.15, 0.2) is 0 Å². The highest BCUT2D eigenvalue weighted by atomic mass is 19.1. The average molecular weight is 243 g/mol. The molecule has 94 valence electrons. The lowest BCUT2D eigenvalue weighted by Gasteiger charge is -2.26. The van der Waals surface area contributed by atoms with Crippen LogP contribution in [0.5, 0.6) is 0 Å². The fraction of sp³-hybridized carbons (Fsp3) is 0.417. The second-order valence-corrected chi connectivity index (χ2v) is 3.94. The Morgan fingerprint density at radius 3 is 2.59 bits per heavy atom. The van der Waals surface area contributed by atoms with E-state index in [2.05, 4.69) is 0 Å². The number of hydrogen-bond donors (Lipinski definition) is 1. The van der Waals surface area contributed by atoms with Gasteiger partial charge in [-0.3, -0.25) is 4.79 Å². The van der Waals surface area contributed by atoms with Crippen LogP contribution in [0.4, 0.5) is 8.78 Å². The van der Waals surface area contributed by atoms with E-state index in [9.17, 15) is 13.6 Å². The number of halogens is 2. The predicted octanol–water partition coefficient (Wildman–Crippen LogP) is 1.81. The van der Waals surface area contributed by atoms with Crippen molar-refractivity contribution in [2.45, 2.75) is 19.9 Å². The Balaban J connectivity index is 3.04. The predicted molar refractivity (Wildman–Crippen MR) is 59.6 cm³/mol. The number of benzene rings is 1. The van der Waals surface area contributed by atoms with Gasteiger partial charge in [-0.1, -0.05) is 0 Å². The summed E-state index contributed by atoms with van der Waals surface area (Å²) in [6.07, 6.45) is 0. The molecule has 17 heavy (non-hydrogen) atoms. The van der Waals surface area contributed by atoms with Gasteiger partial charge >= 0.3 is 0 Å². The molecule has 1 N–H and O–H groups in total. The molecule has 0 spiro atoms. The van der Waals surface area contributed by atoms with Crippen molar-refractivity contribution in [2.75, 3.05) is 13.2 Å². The number of amides is 1. The lowest BCUT2D eigenvalue weighted by molar-refractivity contribution is 0.0660. The summed E-state index contributed by atoms with van der Waals surface area (Å²) in [6.45, 7) is 3.35. The Morgan fingerprint density at radius 1 is 1.41 bits per heavy atom.